The summed E-state index contributed by atoms with van der Waals surface area (Å²) in [6, 6.07) is 20.2. The lowest BCUT2D eigenvalue weighted by atomic mass is 10.1. The molecule has 1 amide bonds. The number of thiophene rings is 1. The molecule has 31 heavy (non-hydrogen) atoms. The van der Waals surface area contributed by atoms with Crippen LogP contribution < -0.4 is 10.9 Å². The third kappa shape index (κ3) is 4.75. The molecule has 2 aromatic carbocycles. The lowest BCUT2D eigenvalue weighted by molar-refractivity contribution is -0.122. The van der Waals surface area contributed by atoms with E-state index in [4.69, 9.17) is 0 Å². The molecular weight excluding hydrogens is 406 g/mol. The van der Waals surface area contributed by atoms with Crippen LogP contribution in [0.3, 0.4) is 0 Å². The van der Waals surface area contributed by atoms with E-state index in [2.05, 4.69) is 22.4 Å². The Labute approximate surface area is 185 Å². The largest absolute Gasteiger partial charge is 0.352 e. The predicted octanol–water partition coefficient (Wildman–Crippen LogP) is 4.57. The van der Waals surface area contributed by atoms with Gasteiger partial charge in [-0.15, -0.1) is 11.3 Å². The van der Waals surface area contributed by atoms with Crippen molar-refractivity contribution in [1.29, 1.82) is 0 Å². The Morgan fingerprint density at radius 2 is 1.77 bits per heavy atom. The van der Waals surface area contributed by atoms with Crippen LogP contribution in [-0.2, 0) is 17.8 Å². The van der Waals surface area contributed by atoms with Crippen molar-refractivity contribution in [3.8, 4) is 10.4 Å². The molecule has 0 radical (unpaired) electrons. The molecule has 4 rings (SSSR count). The highest BCUT2D eigenvalue weighted by atomic mass is 32.1. The number of carbonyl (C=O) groups is 1. The number of nitrogens with one attached hydrogen (secondary N) is 1. The molecule has 4 aromatic rings. The summed E-state index contributed by atoms with van der Waals surface area (Å²) in [7, 11) is 0. The maximum absolute atomic E-state index is 13.1. The topological polar surface area (TPSA) is 64.0 Å². The maximum Gasteiger partial charge on any atom is 0.262 e. The zero-order valence-corrected chi connectivity index (χ0v) is 18.5. The Morgan fingerprint density at radius 3 is 2.48 bits per heavy atom. The van der Waals surface area contributed by atoms with E-state index in [9.17, 15) is 9.59 Å². The van der Waals surface area contributed by atoms with Crippen LogP contribution in [0.15, 0.2) is 71.8 Å². The van der Waals surface area contributed by atoms with Gasteiger partial charge in [-0.3, -0.25) is 14.2 Å². The first-order chi connectivity index (χ1) is 15.0. The quantitative estimate of drug-likeness (QED) is 0.466. The van der Waals surface area contributed by atoms with Crippen LogP contribution in [-0.4, -0.2) is 21.5 Å². The molecule has 0 aliphatic carbocycles. The summed E-state index contributed by atoms with van der Waals surface area (Å²) in [5, 5.41) is 3.59. The minimum atomic E-state index is -0.181. The average Bonchev–Trinajstić information content (AvgIpc) is 3.12. The van der Waals surface area contributed by atoms with E-state index in [0.29, 0.717) is 10.2 Å². The molecule has 1 N–H and O–H groups in total. The number of rotatable bonds is 7. The molecule has 0 unspecified atom stereocenters. The summed E-state index contributed by atoms with van der Waals surface area (Å²) >= 11 is 1.51. The van der Waals surface area contributed by atoms with Crippen molar-refractivity contribution in [2.24, 2.45) is 0 Å². The van der Waals surface area contributed by atoms with Gasteiger partial charge in [-0.25, -0.2) is 4.98 Å². The van der Waals surface area contributed by atoms with Gasteiger partial charge in [0.05, 0.1) is 11.7 Å². The third-order valence-electron chi connectivity index (χ3n) is 5.38. The molecule has 0 bridgehead atoms. The molecule has 0 spiro atoms. The average molecular weight is 432 g/mol. The van der Waals surface area contributed by atoms with E-state index in [1.165, 1.54) is 27.8 Å². The fraction of sp³-hybridized carbons (Fsp3) is 0.240. The summed E-state index contributed by atoms with van der Waals surface area (Å²) in [6.45, 7) is 3.90. The first-order valence-electron chi connectivity index (χ1n) is 10.4. The van der Waals surface area contributed by atoms with Crippen LogP contribution >= 0.6 is 11.3 Å². The fourth-order valence-electron chi connectivity index (χ4n) is 3.71. The molecule has 0 fully saturated rings. The van der Waals surface area contributed by atoms with E-state index in [-0.39, 0.29) is 24.1 Å². The number of aromatic nitrogens is 2. The summed E-state index contributed by atoms with van der Waals surface area (Å²) in [6.07, 6.45) is 3.21. The van der Waals surface area contributed by atoms with Crippen molar-refractivity contribution < 1.29 is 4.79 Å². The van der Waals surface area contributed by atoms with E-state index >= 15 is 0 Å². The number of fused-ring (bicyclic) bond motifs is 1. The number of benzene rings is 2. The second-order valence-electron chi connectivity index (χ2n) is 7.77. The van der Waals surface area contributed by atoms with Gasteiger partial charge < -0.3 is 5.32 Å². The van der Waals surface area contributed by atoms with Gasteiger partial charge in [0.15, 0.2) is 0 Å². The Hall–Kier alpha value is -3.25. The van der Waals surface area contributed by atoms with Crippen molar-refractivity contribution in [3.05, 3.63) is 88.5 Å². The summed E-state index contributed by atoms with van der Waals surface area (Å²) in [4.78, 5) is 31.8. The van der Waals surface area contributed by atoms with Crippen LogP contribution in [0.2, 0.25) is 0 Å². The minimum Gasteiger partial charge on any atom is -0.352 e. The molecule has 5 nitrogen and oxygen atoms in total. The molecule has 0 aliphatic heterocycles. The van der Waals surface area contributed by atoms with Crippen molar-refractivity contribution >= 4 is 27.5 Å². The first-order valence-corrected chi connectivity index (χ1v) is 11.2. The van der Waals surface area contributed by atoms with Gasteiger partial charge in [-0.05, 0) is 43.4 Å². The molecule has 2 heterocycles. The van der Waals surface area contributed by atoms with Crippen LogP contribution in [0.1, 0.15) is 24.5 Å². The number of aryl methyl sites for hydroxylation is 2. The standard InChI is InChI=1S/C25H25N3O2S/c1-17(13-14-19-9-5-3-6-10-19)27-21(29)15-28-16-26-24-22(25(28)30)18(2)23(31-24)20-11-7-4-8-12-20/h3-12,16-17H,13-15H2,1-2H3,(H,27,29)/t17-/m0/s1. The SMILES string of the molecule is Cc1c(-c2ccccc2)sc2ncn(CC(=O)N[C@@H](C)CCc3ccccc3)c(=O)c12. The van der Waals surface area contributed by atoms with Gasteiger partial charge in [-0.1, -0.05) is 60.7 Å². The smallest absolute Gasteiger partial charge is 0.262 e. The minimum absolute atomic E-state index is 0.0210. The molecule has 0 saturated heterocycles. The Morgan fingerprint density at radius 1 is 1.10 bits per heavy atom. The van der Waals surface area contributed by atoms with Crippen molar-refractivity contribution in [3.63, 3.8) is 0 Å². The van der Waals surface area contributed by atoms with E-state index in [1.807, 2.05) is 62.4 Å². The zero-order chi connectivity index (χ0) is 21.8. The van der Waals surface area contributed by atoms with Crippen molar-refractivity contribution in [1.82, 2.24) is 14.9 Å². The number of hydrogen-bond donors (Lipinski definition) is 1. The highest BCUT2D eigenvalue weighted by molar-refractivity contribution is 7.22. The molecule has 2 aromatic heterocycles. The van der Waals surface area contributed by atoms with Gasteiger partial charge in [-0.2, -0.15) is 0 Å². The Bertz CT molecular complexity index is 1250. The summed E-state index contributed by atoms with van der Waals surface area (Å²) < 4.78 is 1.40. The second kappa shape index (κ2) is 9.27. The lowest BCUT2D eigenvalue weighted by Gasteiger charge is -2.14. The van der Waals surface area contributed by atoms with Crippen LogP contribution in [0.4, 0.5) is 0 Å². The molecule has 0 saturated carbocycles. The number of nitrogens with zero attached hydrogens (tertiary/aromatic N) is 2. The van der Waals surface area contributed by atoms with Crippen molar-refractivity contribution in [2.45, 2.75) is 39.3 Å². The monoisotopic (exact) mass is 431 g/mol. The molecule has 0 aliphatic rings. The second-order valence-corrected chi connectivity index (χ2v) is 8.77. The van der Waals surface area contributed by atoms with E-state index in [1.54, 1.807) is 0 Å². The van der Waals surface area contributed by atoms with E-state index in [0.717, 1.165) is 28.8 Å². The van der Waals surface area contributed by atoms with Gasteiger partial charge in [0.25, 0.3) is 5.56 Å². The molecule has 1 atom stereocenters. The van der Waals surface area contributed by atoms with Crippen LogP contribution in [0, 0.1) is 6.92 Å². The van der Waals surface area contributed by atoms with Crippen molar-refractivity contribution in [2.75, 3.05) is 0 Å². The Kier molecular flexibility index (Phi) is 6.28. The van der Waals surface area contributed by atoms with Gasteiger partial charge >= 0.3 is 0 Å². The predicted molar refractivity (Wildman–Crippen MR) is 126 cm³/mol. The van der Waals surface area contributed by atoms with E-state index < -0.39 is 0 Å². The molecular formula is C25H25N3O2S. The summed E-state index contributed by atoms with van der Waals surface area (Å²) in [5.74, 6) is -0.181. The molecule has 158 valence electrons. The zero-order valence-electron chi connectivity index (χ0n) is 17.7. The lowest BCUT2D eigenvalue weighted by Crippen LogP contribution is -2.37. The van der Waals surface area contributed by atoms with Crippen LogP contribution in [0.5, 0.6) is 0 Å². The highest BCUT2D eigenvalue weighted by Crippen LogP contribution is 2.35. The van der Waals surface area contributed by atoms with Gasteiger partial charge in [0, 0.05) is 10.9 Å². The number of carbonyl (C=O) groups excluding carboxylic acids is 1. The van der Waals surface area contributed by atoms with Gasteiger partial charge in [0.1, 0.15) is 11.4 Å². The first kappa shape index (κ1) is 21.0. The fourth-order valence-corrected chi connectivity index (χ4v) is 4.86. The maximum atomic E-state index is 13.1. The summed E-state index contributed by atoms with van der Waals surface area (Å²) in [5.41, 5.74) is 3.05. The highest BCUT2D eigenvalue weighted by Gasteiger charge is 2.17. The molecule has 6 heteroatoms. The normalized spacial score (nSPS) is 12.1. The number of amides is 1. The Balaban J connectivity index is 1.47. The van der Waals surface area contributed by atoms with Crippen LogP contribution in [0.25, 0.3) is 20.7 Å². The van der Waals surface area contributed by atoms with Gasteiger partial charge in [0.2, 0.25) is 5.91 Å². The third-order valence-corrected chi connectivity index (χ3v) is 6.63. The number of hydrogen-bond acceptors (Lipinski definition) is 4.